The Morgan fingerprint density at radius 1 is 1.03 bits per heavy atom. The molecule has 0 aromatic heterocycles. The molecule has 2 aromatic carbocycles. The van der Waals surface area contributed by atoms with E-state index in [9.17, 15) is 18.0 Å². The van der Waals surface area contributed by atoms with Gasteiger partial charge in [0.05, 0.1) is 11.9 Å². The molecule has 0 aliphatic rings. The summed E-state index contributed by atoms with van der Waals surface area (Å²) < 4.78 is 26.0. The Hall–Kier alpha value is -2.00. The summed E-state index contributed by atoms with van der Waals surface area (Å²) >= 11 is 18.7. The number of rotatable bonds is 10. The third kappa shape index (κ3) is 8.83. The number of halogens is 3. The second-order valence-electron chi connectivity index (χ2n) is 9.56. The Bertz CT molecular complexity index is 1180. The summed E-state index contributed by atoms with van der Waals surface area (Å²) in [4.78, 5) is 27.7. The zero-order valence-corrected chi connectivity index (χ0v) is 24.1. The minimum atomic E-state index is -3.61. The average molecular weight is 577 g/mol. The zero-order chi connectivity index (χ0) is 27.3. The highest BCUT2D eigenvalue weighted by Gasteiger charge is 2.29. The van der Waals surface area contributed by atoms with E-state index >= 15 is 0 Å². The molecule has 7 nitrogen and oxygen atoms in total. The van der Waals surface area contributed by atoms with Crippen molar-refractivity contribution in [3.8, 4) is 0 Å². The molecule has 11 heteroatoms. The normalized spacial score (nSPS) is 12.7. The van der Waals surface area contributed by atoms with Crippen LogP contribution in [0.25, 0.3) is 0 Å². The largest absolute Gasteiger partial charge is 0.350 e. The van der Waals surface area contributed by atoms with Crippen molar-refractivity contribution in [1.29, 1.82) is 0 Å². The zero-order valence-electron chi connectivity index (χ0n) is 21.0. The van der Waals surface area contributed by atoms with Crippen molar-refractivity contribution < 1.29 is 18.0 Å². The van der Waals surface area contributed by atoms with Crippen LogP contribution in [-0.4, -0.2) is 49.5 Å². The van der Waals surface area contributed by atoms with Crippen molar-refractivity contribution in [2.45, 2.75) is 58.7 Å². The van der Waals surface area contributed by atoms with Crippen LogP contribution in [0.5, 0.6) is 0 Å². The average Bonchev–Trinajstić information content (AvgIpc) is 2.74. The molecule has 2 rings (SSSR count). The van der Waals surface area contributed by atoms with Crippen LogP contribution < -0.4 is 9.62 Å². The molecular formula is C25H32Cl3N3O4S. The molecule has 36 heavy (non-hydrogen) atoms. The van der Waals surface area contributed by atoms with Gasteiger partial charge in [-0.15, -0.1) is 0 Å². The van der Waals surface area contributed by atoms with Crippen molar-refractivity contribution >= 4 is 62.3 Å². The Morgan fingerprint density at radius 3 is 2.14 bits per heavy atom. The van der Waals surface area contributed by atoms with E-state index in [1.807, 2.05) is 20.8 Å². The van der Waals surface area contributed by atoms with Crippen LogP contribution in [0.1, 0.15) is 46.1 Å². The maximum Gasteiger partial charge on any atom is 0.242 e. The maximum atomic E-state index is 13.4. The lowest BCUT2D eigenvalue weighted by Crippen LogP contribution is -2.52. The molecule has 0 spiro atoms. The summed E-state index contributed by atoms with van der Waals surface area (Å²) in [5.41, 5.74) is 0.450. The number of hydrogen-bond donors (Lipinski definition) is 1. The van der Waals surface area contributed by atoms with Crippen LogP contribution in [0.4, 0.5) is 5.69 Å². The van der Waals surface area contributed by atoms with Gasteiger partial charge in [-0.3, -0.25) is 13.9 Å². The van der Waals surface area contributed by atoms with Gasteiger partial charge in [0, 0.05) is 45.7 Å². The Balaban J connectivity index is 2.25. The molecule has 0 bridgehead atoms. The summed E-state index contributed by atoms with van der Waals surface area (Å²) in [7, 11) is -3.61. The lowest BCUT2D eigenvalue weighted by molar-refractivity contribution is -0.141. The van der Waals surface area contributed by atoms with Crippen molar-refractivity contribution in [2.24, 2.45) is 0 Å². The number of nitrogens with zero attached hydrogens (tertiary/aromatic N) is 2. The van der Waals surface area contributed by atoms with Crippen molar-refractivity contribution in [1.82, 2.24) is 10.2 Å². The lowest BCUT2D eigenvalue weighted by Gasteiger charge is -2.32. The van der Waals surface area contributed by atoms with Gasteiger partial charge in [0.15, 0.2) is 0 Å². The van der Waals surface area contributed by atoms with Crippen LogP contribution in [0.2, 0.25) is 15.1 Å². The minimum Gasteiger partial charge on any atom is -0.350 e. The number of carbonyl (C=O) groups excluding carboxylic acids is 2. The number of sulfonamides is 1. The van der Waals surface area contributed by atoms with Gasteiger partial charge in [-0.05, 0) is 64.4 Å². The summed E-state index contributed by atoms with van der Waals surface area (Å²) in [5.74, 6) is -0.655. The summed E-state index contributed by atoms with van der Waals surface area (Å²) in [6.45, 7) is 7.28. The van der Waals surface area contributed by atoms with Gasteiger partial charge < -0.3 is 10.2 Å². The molecule has 0 heterocycles. The van der Waals surface area contributed by atoms with Crippen LogP contribution in [0.3, 0.4) is 0 Å². The van der Waals surface area contributed by atoms with Gasteiger partial charge in [-0.2, -0.15) is 0 Å². The molecule has 2 amide bonds. The molecule has 198 valence electrons. The minimum absolute atomic E-state index is 0.00178. The van der Waals surface area contributed by atoms with Crippen LogP contribution in [-0.2, 0) is 26.2 Å². The highest BCUT2D eigenvalue weighted by Crippen LogP contribution is 2.27. The van der Waals surface area contributed by atoms with E-state index in [0.717, 1.165) is 6.26 Å². The number of benzene rings is 2. The predicted molar refractivity (Wildman–Crippen MR) is 147 cm³/mol. The van der Waals surface area contributed by atoms with E-state index in [0.29, 0.717) is 26.3 Å². The Labute approximate surface area is 228 Å². The van der Waals surface area contributed by atoms with Gasteiger partial charge in [-0.25, -0.2) is 8.42 Å². The van der Waals surface area contributed by atoms with E-state index in [1.165, 1.54) is 9.21 Å². The molecule has 0 saturated carbocycles. The van der Waals surface area contributed by atoms with Gasteiger partial charge in [0.2, 0.25) is 21.8 Å². The first-order valence-electron chi connectivity index (χ1n) is 11.4. The fourth-order valence-electron chi connectivity index (χ4n) is 3.55. The van der Waals surface area contributed by atoms with E-state index in [4.69, 9.17) is 34.8 Å². The fraction of sp³-hybridized carbons (Fsp3) is 0.440. The van der Waals surface area contributed by atoms with Crippen LogP contribution in [0.15, 0.2) is 42.5 Å². The smallest absolute Gasteiger partial charge is 0.242 e. The molecule has 2 aromatic rings. The number of carbonyl (C=O) groups is 2. The van der Waals surface area contributed by atoms with Gasteiger partial charge >= 0.3 is 0 Å². The van der Waals surface area contributed by atoms with Gasteiger partial charge in [0.1, 0.15) is 6.04 Å². The predicted octanol–water partition coefficient (Wildman–Crippen LogP) is 5.53. The van der Waals surface area contributed by atoms with Crippen LogP contribution >= 0.6 is 34.8 Å². The number of nitrogens with one attached hydrogen (secondary N) is 1. The molecule has 0 fully saturated rings. The van der Waals surface area contributed by atoms with E-state index in [-0.39, 0.29) is 37.7 Å². The summed E-state index contributed by atoms with van der Waals surface area (Å²) in [5, 5.41) is 4.06. The van der Waals surface area contributed by atoms with Crippen molar-refractivity contribution in [2.75, 3.05) is 17.1 Å². The SMILES string of the molecule is C[C@H](C(=O)NC(C)(C)C)N(Cc1c(Cl)cccc1Cl)C(=O)CCCN(c1cccc(Cl)c1)S(C)(=O)=O. The van der Waals surface area contributed by atoms with Gasteiger partial charge in [0.25, 0.3) is 0 Å². The second kappa shape index (κ2) is 12.5. The highest BCUT2D eigenvalue weighted by atomic mass is 35.5. The molecule has 0 aliphatic carbocycles. The first-order valence-corrected chi connectivity index (χ1v) is 14.4. The fourth-order valence-corrected chi connectivity index (χ4v) is 5.20. The summed E-state index contributed by atoms with van der Waals surface area (Å²) in [6, 6.07) is 10.7. The number of hydrogen-bond acceptors (Lipinski definition) is 4. The molecule has 0 saturated heterocycles. The third-order valence-electron chi connectivity index (χ3n) is 5.30. The quantitative estimate of drug-likeness (QED) is 0.403. The lowest BCUT2D eigenvalue weighted by atomic mass is 10.1. The topological polar surface area (TPSA) is 86.8 Å². The summed E-state index contributed by atoms with van der Waals surface area (Å²) in [6.07, 6.45) is 1.32. The molecule has 0 aliphatic heterocycles. The molecular weight excluding hydrogens is 545 g/mol. The first-order chi connectivity index (χ1) is 16.6. The Kier molecular flexibility index (Phi) is 10.5. The van der Waals surface area contributed by atoms with Crippen molar-refractivity contribution in [3.05, 3.63) is 63.1 Å². The number of anilines is 1. The maximum absolute atomic E-state index is 13.4. The van der Waals surface area contributed by atoms with Crippen molar-refractivity contribution in [3.63, 3.8) is 0 Å². The molecule has 1 atom stereocenters. The molecule has 0 unspecified atom stereocenters. The van der Waals surface area contributed by atoms with E-state index in [2.05, 4.69) is 5.32 Å². The third-order valence-corrected chi connectivity index (χ3v) is 7.44. The standard InChI is InChI=1S/C25H32Cl3N3O4S/c1-17(24(33)29-25(2,3)4)30(16-20-21(27)11-7-12-22(20)28)23(32)13-8-14-31(36(5,34)35)19-10-6-9-18(26)15-19/h6-7,9-12,15,17H,8,13-14,16H2,1-5H3,(H,29,33)/t17-/m1/s1. The molecule has 1 N–H and O–H groups in total. The van der Waals surface area contributed by atoms with E-state index < -0.39 is 21.6 Å². The second-order valence-corrected chi connectivity index (χ2v) is 12.7. The van der Waals surface area contributed by atoms with Crippen LogP contribution in [0, 0.1) is 0 Å². The number of amides is 2. The van der Waals surface area contributed by atoms with E-state index in [1.54, 1.807) is 49.4 Å². The highest BCUT2D eigenvalue weighted by molar-refractivity contribution is 7.92. The first kappa shape index (κ1) is 30.2. The Morgan fingerprint density at radius 2 is 1.61 bits per heavy atom. The molecule has 0 radical (unpaired) electrons. The van der Waals surface area contributed by atoms with Gasteiger partial charge in [-0.1, -0.05) is 46.9 Å². The monoisotopic (exact) mass is 575 g/mol.